The Morgan fingerprint density at radius 1 is 0.829 bits per heavy atom. The highest BCUT2D eigenvalue weighted by Gasteiger charge is 2.26. The van der Waals surface area contributed by atoms with E-state index in [0.717, 1.165) is 68.7 Å². The number of sulfonamides is 1. The van der Waals surface area contributed by atoms with E-state index in [0.29, 0.717) is 24.3 Å². The zero-order valence-electron chi connectivity index (χ0n) is 19.8. The Morgan fingerprint density at radius 2 is 1.54 bits per heavy atom. The van der Waals surface area contributed by atoms with Crippen molar-refractivity contribution in [2.45, 2.75) is 62.8 Å². The largest absolute Gasteiger partial charge is 0.322 e. The van der Waals surface area contributed by atoms with Crippen molar-refractivity contribution in [3.05, 3.63) is 59.9 Å². The number of aryl methyl sites for hydroxylation is 1. The predicted octanol–water partition coefficient (Wildman–Crippen LogP) is 4.49. The highest BCUT2D eigenvalue weighted by atomic mass is 32.2. The van der Waals surface area contributed by atoms with Crippen LogP contribution in [0.2, 0.25) is 0 Å². The molecule has 0 bridgehead atoms. The lowest BCUT2D eigenvalue weighted by atomic mass is 10.1. The van der Waals surface area contributed by atoms with Gasteiger partial charge >= 0.3 is 0 Å². The van der Waals surface area contributed by atoms with Crippen molar-refractivity contribution in [2.24, 2.45) is 0 Å². The van der Waals surface area contributed by atoms with E-state index >= 15 is 0 Å². The molecule has 8 nitrogen and oxygen atoms in total. The van der Waals surface area contributed by atoms with Gasteiger partial charge in [0.1, 0.15) is 5.82 Å². The Kier molecular flexibility index (Phi) is 6.97. The molecule has 1 N–H and O–H groups in total. The number of benzene rings is 2. The average Bonchev–Trinajstić information content (AvgIpc) is 3.06. The zero-order chi connectivity index (χ0) is 24.3. The third-order valence-corrected chi connectivity index (χ3v) is 8.70. The molecule has 0 aliphatic carbocycles. The van der Waals surface area contributed by atoms with Crippen molar-refractivity contribution in [2.75, 3.05) is 18.4 Å². The van der Waals surface area contributed by atoms with Gasteiger partial charge in [0, 0.05) is 42.9 Å². The molecular formula is C26H31N5O3S. The molecular weight excluding hydrogens is 462 g/mol. The van der Waals surface area contributed by atoms with Gasteiger partial charge < -0.3 is 9.88 Å². The lowest BCUT2D eigenvalue weighted by molar-refractivity contribution is 0.102. The summed E-state index contributed by atoms with van der Waals surface area (Å²) >= 11 is 0. The summed E-state index contributed by atoms with van der Waals surface area (Å²) in [6, 6.07) is 13.8. The molecule has 2 aliphatic heterocycles. The van der Waals surface area contributed by atoms with Crippen LogP contribution in [0.1, 0.15) is 61.1 Å². The zero-order valence-corrected chi connectivity index (χ0v) is 20.6. The number of anilines is 1. The van der Waals surface area contributed by atoms with Crippen LogP contribution in [0, 0.1) is 0 Å². The minimum atomic E-state index is -3.62. The van der Waals surface area contributed by atoms with E-state index in [2.05, 4.69) is 20.1 Å². The molecule has 2 aromatic carbocycles. The molecule has 1 aromatic heterocycles. The van der Waals surface area contributed by atoms with Gasteiger partial charge in [0.2, 0.25) is 10.0 Å². The van der Waals surface area contributed by atoms with Gasteiger partial charge in [0.05, 0.1) is 4.90 Å². The first-order valence-corrected chi connectivity index (χ1v) is 13.9. The van der Waals surface area contributed by atoms with E-state index in [1.165, 1.54) is 12.5 Å². The number of rotatable bonds is 5. The van der Waals surface area contributed by atoms with Crippen LogP contribution in [0.3, 0.4) is 0 Å². The highest BCUT2D eigenvalue weighted by molar-refractivity contribution is 7.89. The Bertz CT molecular complexity index is 1290. The van der Waals surface area contributed by atoms with Crippen LogP contribution in [0.5, 0.6) is 0 Å². The molecule has 0 radical (unpaired) electrons. The topological polar surface area (TPSA) is 97.2 Å². The Hall–Kier alpha value is -3.04. The normalized spacial score (nSPS) is 17.3. The number of fused-ring (bicyclic) bond motifs is 1. The summed E-state index contributed by atoms with van der Waals surface area (Å²) < 4.78 is 30.0. The Balaban J connectivity index is 1.30. The number of aromatic nitrogens is 3. The molecule has 0 spiro atoms. The van der Waals surface area contributed by atoms with Crippen molar-refractivity contribution in [1.82, 2.24) is 19.1 Å². The van der Waals surface area contributed by atoms with Gasteiger partial charge in [0.15, 0.2) is 5.82 Å². The van der Waals surface area contributed by atoms with E-state index in [9.17, 15) is 13.2 Å². The number of hydrogen-bond donors (Lipinski definition) is 1. The van der Waals surface area contributed by atoms with Crippen molar-refractivity contribution in [3.8, 4) is 11.4 Å². The van der Waals surface area contributed by atoms with Crippen LogP contribution >= 0.6 is 0 Å². The molecule has 9 heteroatoms. The van der Waals surface area contributed by atoms with Gasteiger partial charge in [-0.05, 0) is 68.1 Å². The van der Waals surface area contributed by atoms with Gasteiger partial charge in [-0.1, -0.05) is 25.3 Å². The SMILES string of the molecule is O=C(Nc1ccc(-c2nnc3n2CCCCC3)cc1)c1cccc(S(=O)(=O)N2CCCCCC2)c1. The maximum Gasteiger partial charge on any atom is 0.255 e. The van der Waals surface area contributed by atoms with Crippen LogP contribution in [-0.2, 0) is 23.0 Å². The summed E-state index contributed by atoms with van der Waals surface area (Å²) in [4.78, 5) is 13.1. The van der Waals surface area contributed by atoms with Crippen LogP contribution in [0.4, 0.5) is 5.69 Å². The summed E-state index contributed by atoms with van der Waals surface area (Å²) in [7, 11) is -3.62. The van der Waals surface area contributed by atoms with Gasteiger partial charge in [0.25, 0.3) is 5.91 Å². The number of carbonyl (C=O) groups excluding carboxylic acids is 1. The van der Waals surface area contributed by atoms with Gasteiger partial charge in [-0.3, -0.25) is 4.79 Å². The van der Waals surface area contributed by atoms with E-state index in [1.807, 2.05) is 24.3 Å². The molecule has 1 fully saturated rings. The molecule has 1 amide bonds. The number of hydrogen-bond acceptors (Lipinski definition) is 5. The average molecular weight is 494 g/mol. The Morgan fingerprint density at radius 3 is 2.31 bits per heavy atom. The fourth-order valence-corrected chi connectivity index (χ4v) is 6.40. The maximum absolute atomic E-state index is 13.1. The molecule has 0 unspecified atom stereocenters. The number of nitrogens with zero attached hydrogens (tertiary/aromatic N) is 4. The van der Waals surface area contributed by atoms with Crippen molar-refractivity contribution >= 4 is 21.6 Å². The van der Waals surface area contributed by atoms with Crippen LogP contribution in [-0.4, -0.2) is 46.5 Å². The number of carbonyl (C=O) groups is 1. The fraction of sp³-hybridized carbons (Fsp3) is 0.423. The number of nitrogens with one attached hydrogen (secondary N) is 1. The summed E-state index contributed by atoms with van der Waals surface area (Å²) in [5, 5.41) is 11.6. The third kappa shape index (κ3) is 5.16. The van der Waals surface area contributed by atoms with Crippen molar-refractivity contribution < 1.29 is 13.2 Å². The summed E-state index contributed by atoms with van der Waals surface area (Å²) in [6.07, 6.45) is 8.25. The van der Waals surface area contributed by atoms with E-state index in [-0.39, 0.29) is 10.8 Å². The van der Waals surface area contributed by atoms with Gasteiger partial charge in [-0.25, -0.2) is 8.42 Å². The molecule has 1 saturated heterocycles. The van der Waals surface area contributed by atoms with Crippen LogP contribution in [0.15, 0.2) is 53.4 Å². The first-order valence-electron chi connectivity index (χ1n) is 12.5. The number of amides is 1. The van der Waals surface area contributed by atoms with Crippen molar-refractivity contribution in [1.29, 1.82) is 0 Å². The lowest BCUT2D eigenvalue weighted by Crippen LogP contribution is -2.32. The minimum absolute atomic E-state index is 0.162. The smallest absolute Gasteiger partial charge is 0.255 e. The molecule has 35 heavy (non-hydrogen) atoms. The fourth-order valence-electron chi connectivity index (χ4n) is 4.83. The summed E-state index contributed by atoms with van der Waals surface area (Å²) in [5.74, 6) is 1.54. The van der Waals surface area contributed by atoms with Gasteiger partial charge in [-0.15, -0.1) is 10.2 Å². The lowest BCUT2D eigenvalue weighted by Gasteiger charge is -2.20. The summed E-state index contributed by atoms with van der Waals surface area (Å²) in [6.45, 7) is 1.98. The highest BCUT2D eigenvalue weighted by Crippen LogP contribution is 2.25. The van der Waals surface area contributed by atoms with Crippen LogP contribution < -0.4 is 5.32 Å². The molecule has 3 heterocycles. The first-order chi connectivity index (χ1) is 17.0. The standard InChI is InChI=1S/C26H31N5O3S/c32-26(21-9-8-10-23(19-21)35(33,34)30-16-5-1-2-6-17-30)27-22-14-12-20(13-15-22)25-29-28-24-11-4-3-7-18-31(24)25/h8-10,12-15,19H,1-7,11,16-18H2,(H,27,32). The van der Waals surface area contributed by atoms with E-state index < -0.39 is 10.0 Å². The van der Waals surface area contributed by atoms with Gasteiger partial charge in [-0.2, -0.15) is 4.31 Å². The summed E-state index contributed by atoms with van der Waals surface area (Å²) in [5.41, 5.74) is 1.90. The molecule has 2 aliphatic rings. The molecule has 5 rings (SSSR count). The first kappa shape index (κ1) is 23.7. The second kappa shape index (κ2) is 10.3. The van der Waals surface area contributed by atoms with E-state index in [4.69, 9.17) is 0 Å². The maximum atomic E-state index is 13.1. The minimum Gasteiger partial charge on any atom is -0.322 e. The molecule has 0 saturated carbocycles. The van der Waals surface area contributed by atoms with Crippen molar-refractivity contribution in [3.63, 3.8) is 0 Å². The molecule has 0 atom stereocenters. The van der Waals surface area contributed by atoms with E-state index in [1.54, 1.807) is 22.5 Å². The molecule has 184 valence electrons. The van der Waals surface area contributed by atoms with Crippen LogP contribution in [0.25, 0.3) is 11.4 Å². The quantitative estimate of drug-likeness (QED) is 0.565. The Labute approximate surface area is 206 Å². The third-order valence-electron chi connectivity index (χ3n) is 6.81. The monoisotopic (exact) mass is 493 g/mol. The second-order valence-electron chi connectivity index (χ2n) is 9.28. The second-order valence-corrected chi connectivity index (χ2v) is 11.2. The molecule has 3 aromatic rings. The predicted molar refractivity (Wildman–Crippen MR) is 135 cm³/mol.